The van der Waals surface area contributed by atoms with E-state index in [0.29, 0.717) is 48.9 Å². The molecule has 0 atom stereocenters. The second-order valence-corrected chi connectivity index (χ2v) is 8.46. The van der Waals surface area contributed by atoms with Gasteiger partial charge in [0.15, 0.2) is 11.5 Å². The van der Waals surface area contributed by atoms with Gasteiger partial charge in [-0.2, -0.15) is 0 Å². The lowest BCUT2D eigenvalue weighted by molar-refractivity contribution is -0.121. The molecule has 0 aliphatic rings. The maximum absolute atomic E-state index is 12.9. The Morgan fingerprint density at radius 1 is 1.13 bits per heavy atom. The lowest BCUT2D eigenvalue weighted by atomic mass is 10.1. The van der Waals surface area contributed by atoms with E-state index in [0.717, 1.165) is 20.8 Å². The fourth-order valence-corrected chi connectivity index (χ4v) is 4.48. The largest absolute Gasteiger partial charge is 0.490 e. The average Bonchev–Trinajstić information content (AvgIpc) is 3.01. The van der Waals surface area contributed by atoms with E-state index in [-0.39, 0.29) is 18.0 Å². The minimum absolute atomic E-state index is 0.0462. The van der Waals surface area contributed by atoms with E-state index in [4.69, 9.17) is 9.47 Å². The molecule has 2 heterocycles. The second-order valence-electron chi connectivity index (χ2n) is 7.26. The summed E-state index contributed by atoms with van der Waals surface area (Å²) in [5.74, 6) is 1.75. The number of hydrogen-bond donors (Lipinski definition) is 1. The predicted octanol–water partition coefficient (Wildman–Crippen LogP) is 3.54. The Bertz CT molecular complexity index is 1150. The van der Waals surface area contributed by atoms with E-state index in [1.807, 2.05) is 45.9 Å². The zero-order chi connectivity index (χ0) is 22.5. The molecule has 0 bridgehead atoms. The molecular weight excluding hydrogens is 414 g/mol. The van der Waals surface area contributed by atoms with Crippen LogP contribution < -0.4 is 20.3 Å². The number of nitrogens with zero attached hydrogens (tertiary/aromatic N) is 2. The molecule has 8 heteroatoms. The van der Waals surface area contributed by atoms with Crippen LogP contribution in [0.3, 0.4) is 0 Å². The maximum Gasteiger partial charge on any atom is 0.263 e. The zero-order valence-corrected chi connectivity index (χ0v) is 19.5. The van der Waals surface area contributed by atoms with Crippen LogP contribution in [0.5, 0.6) is 11.5 Å². The van der Waals surface area contributed by atoms with Gasteiger partial charge in [0, 0.05) is 11.4 Å². The third-order valence-electron chi connectivity index (χ3n) is 5.13. The zero-order valence-electron chi connectivity index (χ0n) is 18.7. The number of ether oxygens (including phenoxy) is 2. The van der Waals surface area contributed by atoms with Crippen LogP contribution in [0.1, 0.15) is 35.7 Å². The van der Waals surface area contributed by atoms with Crippen LogP contribution >= 0.6 is 11.3 Å². The van der Waals surface area contributed by atoms with Crippen LogP contribution in [-0.2, 0) is 17.8 Å². The Kier molecular flexibility index (Phi) is 7.33. The Hall–Kier alpha value is -2.87. The van der Waals surface area contributed by atoms with E-state index >= 15 is 0 Å². The molecule has 7 nitrogen and oxygen atoms in total. The van der Waals surface area contributed by atoms with Crippen molar-refractivity contribution >= 4 is 27.5 Å². The van der Waals surface area contributed by atoms with Crippen molar-refractivity contribution in [1.82, 2.24) is 14.9 Å². The summed E-state index contributed by atoms with van der Waals surface area (Å²) in [6, 6.07) is 5.79. The summed E-state index contributed by atoms with van der Waals surface area (Å²) in [6.07, 6.45) is 0.645. The summed E-state index contributed by atoms with van der Waals surface area (Å²) in [7, 11) is 0. The first kappa shape index (κ1) is 22.8. The van der Waals surface area contributed by atoms with Crippen molar-refractivity contribution in [2.45, 2.75) is 47.6 Å². The van der Waals surface area contributed by atoms with Crippen molar-refractivity contribution in [2.75, 3.05) is 19.8 Å². The van der Waals surface area contributed by atoms with Crippen molar-refractivity contribution < 1.29 is 14.3 Å². The Labute approximate surface area is 186 Å². The normalized spacial score (nSPS) is 11.0. The summed E-state index contributed by atoms with van der Waals surface area (Å²) >= 11 is 1.51. The van der Waals surface area contributed by atoms with Crippen LogP contribution in [0.2, 0.25) is 0 Å². The number of amides is 1. The number of nitrogens with one attached hydrogen (secondary N) is 1. The van der Waals surface area contributed by atoms with E-state index in [9.17, 15) is 9.59 Å². The van der Waals surface area contributed by atoms with Crippen LogP contribution in [0.15, 0.2) is 23.0 Å². The summed E-state index contributed by atoms with van der Waals surface area (Å²) in [5, 5.41) is 3.51. The first-order chi connectivity index (χ1) is 14.8. The highest BCUT2D eigenvalue weighted by atomic mass is 32.1. The average molecular weight is 444 g/mol. The molecule has 166 valence electrons. The van der Waals surface area contributed by atoms with Gasteiger partial charge in [0.1, 0.15) is 17.2 Å². The second kappa shape index (κ2) is 9.96. The van der Waals surface area contributed by atoms with E-state index in [2.05, 4.69) is 10.3 Å². The molecule has 0 unspecified atom stereocenters. The molecule has 0 aliphatic heterocycles. The fourth-order valence-electron chi connectivity index (χ4n) is 3.41. The Morgan fingerprint density at radius 2 is 1.84 bits per heavy atom. The van der Waals surface area contributed by atoms with Gasteiger partial charge >= 0.3 is 0 Å². The van der Waals surface area contributed by atoms with Crippen LogP contribution in [-0.4, -0.2) is 35.2 Å². The van der Waals surface area contributed by atoms with Crippen molar-refractivity contribution in [3.8, 4) is 11.5 Å². The first-order valence-electron chi connectivity index (χ1n) is 10.5. The van der Waals surface area contributed by atoms with Gasteiger partial charge in [0.05, 0.1) is 18.6 Å². The lowest BCUT2D eigenvalue weighted by Gasteiger charge is -2.13. The molecule has 3 rings (SSSR count). The molecule has 1 N–H and O–H groups in total. The highest BCUT2D eigenvalue weighted by Gasteiger charge is 2.16. The predicted molar refractivity (Wildman–Crippen MR) is 124 cm³/mol. The number of hydrogen-bond acceptors (Lipinski definition) is 6. The number of carbonyl (C=O) groups excluding carboxylic acids is 1. The lowest BCUT2D eigenvalue weighted by Crippen LogP contribution is -2.34. The molecule has 3 aromatic rings. The smallest absolute Gasteiger partial charge is 0.263 e. The summed E-state index contributed by atoms with van der Waals surface area (Å²) in [5.41, 5.74) is 1.81. The topological polar surface area (TPSA) is 82.5 Å². The van der Waals surface area contributed by atoms with Gasteiger partial charge < -0.3 is 14.8 Å². The SMILES string of the molecule is CCOc1ccc(CCNC(=O)Cn2c(C)nc3sc(C)c(C)c3c2=O)cc1OCC. The van der Waals surface area contributed by atoms with Crippen LogP contribution in [0.25, 0.3) is 10.2 Å². The van der Waals surface area contributed by atoms with Gasteiger partial charge in [-0.05, 0) is 64.3 Å². The molecule has 0 saturated carbocycles. The van der Waals surface area contributed by atoms with Crippen LogP contribution in [0, 0.1) is 20.8 Å². The highest BCUT2D eigenvalue weighted by molar-refractivity contribution is 7.18. The fraction of sp³-hybridized carbons (Fsp3) is 0.435. The third-order valence-corrected chi connectivity index (χ3v) is 6.23. The van der Waals surface area contributed by atoms with Crippen molar-refractivity contribution in [3.63, 3.8) is 0 Å². The molecule has 1 amide bonds. The van der Waals surface area contributed by atoms with Gasteiger partial charge in [0.2, 0.25) is 5.91 Å². The third kappa shape index (κ3) is 5.07. The molecule has 2 aromatic heterocycles. The minimum Gasteiger partial charge on any atom is -0.490 e. The number of fused-ring (bicyclic) bond motifs is 1. The van der Waals surface area contributed by atoms with Gasteiger partial charge in [-0.3, -0.25) is 14.2 Å². The van der Waals surface area contributed by atoms with Crippen LogP contribution in [0.4, 0.5) is 0 Å². The highest BCUT2D eigenvalue weighted by Crippen LogP contribution is 2.29. The standard InChI is InChI=1S/C23H29N3O4S/c1-6-29-18-9-8-17(12-19(18)30-7-2)10-11-24-20(27)13-26-16(5)25-22-21(23(26)28)14(3)15(4)31-22/h8-9,12H,6-7,10-11,13H2,1-5H3,(H,24,27). The Morgan fingerprint density at radius 3 is 2.55 bits per heavy atom. The maximum atomic E-state index is 12.9. The molecule has 0 aliphatic carbocycles. The van der Waals surface area contributed by atoms with Crippen molar-refractivity contribution in [3.05, 3.63) is 50.4 Å². The molecule has 0 radical (unpaired) electrons. The Balaban J connectivity index is 1.65. The number of benzene rings is 1. The number of carbonyl (C=O) groups is 1. The van der Waals surface area contributed by atoms with E-state index in [1.165, 1.54) is 15.9 Å². The number of thiophene rings is 1. The molecule has 0 fully saturated rings. The monoisotopic (exact) mass is 443 g/mol. The summed E-state index contributed by atoms with van der Waals surface area (Å²) < 4.78 is 12.7. The summed E-state index contributed by atoms with van der Waals surface area (Å²) in [4.78, 5) is 31.8. The quantitative estimate of drug-likeness (QED) is 0.547. The molecule has 31 heavy (non-hydrogen) atoms. The molecule has 0 saturated heterocycles. The summed E-state index contributed by atoms with van der Waals surface area (Å²) in [6.45, 7) is 11.0. The molecular formula is C23H29N3O4S. The first-order valence-corrected chi connectivity index (χ1v) is 11.3. The van der Waals surface area contributed by atoms with Gasteiger partial charge in [-0.25, -0.2) is 4.98 Å². The molecule has 0 spiro atoms. The van der Waals surface area contributed by atoms with Crippen molar-refractivity contribution in [1.29, 1.82) is 0 Å². The number of rotatable bonds is 9. The number of aromatic nitrogens is 2. The van der Waals surface area contributed by atoms with E-state index in [1.54, 1.807) is 6.92 Å². The van der Waals surface area contributed by atoms with E-state index < -0.39 is 0 Å². The van der Waals surface area contributed by atoms with Crippen molar-refractivity contribution in [2.24, 2.45) is 0 Å². The number of aryl methyl sites for hydroxylation is 3. The molecule has 1 aromatic carbocycles. The minimum atomic E-state index is -0.216. The van der Waals surface area contributed by atoms with Gasteiger partial charge in [0.25, 0.3) is 5.56 Å². The van der Waals surface area contributed by atoms with Gasteiger partial charge in [-0.1, -0.05) is 6.07 Å². The van der Waals surface area contributed by atoms with Gasteiger partial charge in [-0.15, -0.1) is 11.3 Å².